The summed E-state index contributed by atoms with van der Waals surface area (Å²) in [6, 6.07) is 0.782. The molecule has 17 heavy (non-hydrogen) atoms. The van der Waals surface area contributed by atoms with Crippen LogP contribution in [-0.4, -0.2) is 49.8 Å². The lowest BCUT2D eigenvalue weighted by atomic mass is 10.1. The highest BCUT2D eigenvalue weighted by Gasteiger charge is 2.22. The van der Waals surface area contributed by atoms with Crippen LogP contribution in [0.15, 0.2) is 12.2 Å². The van der Waals surface area contributed by atoms with Crippen LogP contribution < -0.4 is 5.32 Å². The van der Waals surface area contributed by atoms with Gasteiger partial charge in [0.15, 0.2) is 0 Å². The lowest BCUT2D eigenvalue weighted by Gasteiger charge is -2.32. The normalized spacial score (nSPS) is 26.1. The number of piperidine rings is 1. The Labute approximate surface area is 105 Å². The highest BCUT2D eigenvalue weighted by molar-refractivity contribution is 5.02. The largest absolute Gasteiger partial charge is 0.377 e. The van der Waals surface area contributed by atoms with E-state index in [4.69, 9.17) is 4.74 Å². The first-order chi connectivity index (χ1) is 8.28. The van der Waals surface area contributed by atoms with E-state index >= 15 is 0 Å². The first kappa shape index (κ1) is 13.1. The number of hydrogen-bond donors (Lipinski definition) is 1. The van der Waals surface area contributed by atoms with Crippen molar-refractivity contribution in [3.8, 4) is 0 Å². The minimum Gasteiger partial charge on any atom is -0.377 e. The molecule has 3 heteroatoms. The Hall–Kier alpha value is -0.380. The van der Waals surface area contributed by atoms with Gasteiger partial charge in [0, 0.05) is 32.3 Å². The number of hydrogen-bond acceptors (Lipinski definition) is 3. The van der Waals surface area contributed by atoms with Gasteiger partial charge in [-0.15, -0.1) is 0 Å². The van der Waals surface area contributed by atoms with E-state index in [1.807, 2.05) is 0 Å². The molecule has 2 fully saturated rings. The molecule has 0 spiro atoms. The van der Waals surface area contributed by atoms with Crippen molar-refractivity contribution >= 4 is 0 Å². The maximum Gasteiger partial charge on any atom is 0.0702 e. The van der Waals surface area contributed by atoms with Crippen molar-refractivity contribution in [3.63, 3.8) is 0 Å². The molecular formula is C14H26N2O. The molecule has 0 amide bonds. The molecule has 1 saturated heterocycles. The zero-order chi connectivity index (χ0) is 12.1. The van der Waals surface area contributed by atoms with Crippen LogP contribution in [0, 0.1) is 0 Å². The summed E-state index contributed by atoms with van der Waals surface area (Å²) in [5, 5.41) is 3.52. The Morgan fingerprint density at radius 1 is 1.41 bits per heavy atom. The van der Waals surface area contributed by atoms with Crippen molar-refractivity contribution in [2.24, 2.45) is 0 Å². The van der Waals surface area contributed by atoms with E-state index < -0.39 is 0 Å². The predicted octanol–water partition coefficient (Wildman–Crippen LogP) is 1.80. The third-order valence-electron chi connectivity index (χ3n) is 3.53. The summed E-state index contributed by atoms with van der Waals surface area (Å²) in [6.45, 7) is 11.4. The summed E-state index contributed by atoms with van der Waals surface area (Å²) in [5.74, 6) is 0. The first-order valence-corrected chi connectivity index (χ1v) is 7.02. The zero-order valence-corrected chi connectivity index (χ0v) is 11.1. The molecule has 1 atom stereocenters. The molecule has 0 bridgehead atoms. The fourth-order valence-electron chi connectivity index (χ4n) is 2.48. The molecule has 0 radical (unpaired) electrons. The molecule has 2 aliphatic rings. The van der Waals surface area contributed by atoms with Gasteiger partial charge in [0.1, 0.15) is 0 Å². The average Bonchev–Trinajstić information content (AvgIpc) is 3.11. The third kappa shape index (κ3) is 4.78. The quantitative estimate of drug-likeness (QED) is 0.684. The van der Waals surface area contributed by atoms with E-state index in [9.17, 15) is 0 Å². The Balaban J connectivity index is 1.64. The molecule has 2 rings (SSSR count). The van der Waals surface area contributed by atoms with Crippen LogP contribution in [0.3, 0.4) is 0 Å². The molecule has 0 aromatic rings. The van der Waals surface area contributed by atoms with E-state index in [1.165, 1.54) is 37.8 Å². The molecule has 1 aliphatic heterocycles. The number of nitrogens with one attached hydrogen (secondary N) is 1. The summed E-state index contributed by atoms with van der Waals surface area (Å²) in [4.78, 5) is 2.49. The summed E-state index contributed by atoms with van der Waals surface area (Å²) >= 11 is 0. The lowest BCUT2D eigenvalue weighted by molar-refractivity contribution is 0.00851. The number of nitrogens with zero attached hydrogens (tertiary/aromatic N) is 1. The van der Waals surface area contributed by atoms with Gasteiger partial charge in [0.25, 0.3) is 0 Å². The van der Waals surface area contributed by atoms with Gasteiger partial charge >= 0.3 is 0 Å². The second-order valence-electron chi connectivity index (χ2n) is 5.36. The number of ether oxygens (including phenoxy) is 1. The van der Waals surface area contributed by atoms with E-state index in [0.29, 0.717) is 6.10 Å². The molecule has 1 aliphatic carbocycles. The summed E-state index contributed by atoms with van der Waals surface area (Å²) in [7, 11) is 0. The maximum absolute atomic E-state index is 5.72. The van der Waals surface area contributed by atoms with Crippen molar-refractivity contribution in [2.75, 3.05) is 32.8 Å². The van der Waals surface area contributed by atoms with Crippen LogP contribution in [0.1, 0.15) is 32.6 Å². The monoisotopic (exact) mass is 238 g/mol. The smallest absolute Gasteiger partial charge is 0.0702 e. The second kappa shape index (κ2) is 6.53. The fourth-order valence-corrected chi connectivity index (χ4v) is 2.48. The van der Waals surface area contributed by atoms with Crippen molar-refractivity contribution in [3.05, 3.63) is 12.2 Å². The number of rotatable bonds is 7. The van der Waals surface area contributed by atoms with Gasteiger partial charge in [-0.2, -0.15) is 0 Å². The second-order valence-corrected chi connectivity index (χ2v) is 5.36. The Morgan fingerprint density at radius 3 is 2.94 bits per heavy atom. The van der Waals surface area contributed by atoms with E-state index in [1.54, 1.807) is 0 Å². The third-order valence-corrected chi connectivity index (χ3v) is 3.53. The summed E-state index contributed by atoms with van der Waals surface area (Å²) in [5.41, 5.74) is 1.31. The van der Waals surface area contributed by atoms with Crippen LogP contribution >= 0.6 is 0 Å². The van der Waals surface area contributed by atoms with Crippen LogP contribution in [0.25, 0.3) is 0 Å². The van der Waals surface area contributed by atoms with Crippen LogP contribution in [-0.2, 0) is 4.74 Å². The van der Waals surface area contributed by atoms with Gasteiger partial charge in [-0.1, -0.05) is 6.58 Å². The molecule has 1 heterocycles. The SMILES string of the molecule is C=C(CNC1CC1)CN1CCCC(OCC)C1. The van der Waals surface area contributed by atoms with Gasteiger partial charge in [-0.25, -0.2) is 0 Å². The van der Waals surface area contributed by atoms with E-state index in [0.717, 1.165) is 32.3 Å². The minimum absolute atomic E-state index is 0.443. The Morgan fingerprint density at radius 2 is 2.24 bits per heavy atom. The van der Waals surface area contributed by atoms with Gasteiger partial charge in [-0.05, 0) is 44.7 Å². The molecule has 1 unspecified atom stereocenters. The molecule has 1 N–H and O–H groups in total. The first-order valence-electron chi connectivity index (χ1n) is 7.02. The minimum atomic E-state index is 0.443. The van der Waals surface area contributed by atoms with Crippen molar-refractivity contribution in [2.45, 2.75) is 44.8 Å². The topological polar surface area (TPSA) is 24.5 Å². The molecule has 0 aromatic carbocycles. The Kier molecular flexibility index (Phi) is 5.01. The predicted molar refractivity (Wildman–Crippen MR) is 71.3 cm³/mol. The lowest BCUT2D eigenvalue weighted by Crippen LogP contribution is -2.41. The van der Waals surface area contributed by atoms with Gasteiger partial charge < -0.3 is 10.1 Å². The summed E-state index contributed by atoms with van der Waals surface area (Å²) in [6.07, 6.45) is 5.62. The molecular weight excluding hydrogens is 212 g/mol. The van der Waals surface area contributed by atoms with Crippen LogP contribution in [0.5, 0.6) is 0 Å². The van der Waals surface area contributed by atoms with Crippen LogP contribution in [0.2, 0.25) is 0 Å². The molecule has 1 saturated carbocycles. The highest BCUT2D eigenvalue weighted by atomic mass is 16.5. The molecule has 3 nitrogen and oxygen atoms in total. The fraction of sp³-hybridized carbons (Fsp3) is 0.857. The highest BCUT2D eigenvalue weighted by Crippen LogP contribution is 2.19. The standard InChI is InChI=1S/C14H26N2O/c1-3-17-14-5-4-8-16(11-14)10-12(2)9-15-13-6-7-13/h13-15H,2-11H2,1H3. The average molecular weight is 238 g/mol. The van der Waals surface area contributed by atoms with Gasteiger partial charge in [-0.3, -0.25) is 4.90 Å². The summed E-state index contributed by atoms with van der Waals surface area (Å²) < 4.78 is 5.72. The maximum atomic E-state index is 5.72. The van der Waals surface area contributed by atoms with Crippen LogP contribution in [0.4, 0.5) is 0 Å². The van der Waals surface area contributed by atoms with E-state index in [2.05, 4.69) is 23.7 Å². The molecule has 98 valence electrons. The van der Waals surface area contributed by atoms with Gasteiger partial charge in [0.05, 0.1) is 6.10 Å². The van der Waals surface area contributed by atoms with Crippen molar-refractivity contribution < 1.29 is 4.74 Å². The molecule has 0 aromatic heterocycles. The van der Waals surface area contributed by atoms with Crippen molar-refractivity contribution in [1.29, 1.82) is 0 Å². The van der Waals surface area contributed by atoms with Gasteiger partial charge in [0.2, 0.25) is 0 Å². The van der Waals surface area contributed by atoms with Crippen molar-refractivity contribution in [1.82, 2.24) is 10.2 Å². The zero-order valence-electron chi connectivity index (χ0n) is 11.1. The number of likely N-dealkylation sites (tertiary alicyclic amines) is 1. The van der Waals surface area contributed by atoms with E-state index in [-0.39, 0.29) is 0 Å². The Bertz CT molecular complexity index is 249.